The molecule has 0 spiro atoms. The number of rotatable bonds is 4. The number of methoxy groups -OCH3 is 1. The van der Waals surface area contributed by atoms with Crippen LogP contribution in [0.5, 0.6) is 5.75 Å². The Balaban J connectivity index is 2.37. The van der Waals surface area contributed by atoms with Gasteiger partial charge in [-0.15, -0.1) is 0 Å². The van der Waals surface area contributed by atoms with Crippen molar-refractivity contribution in [2.75, 3.05) is 7.11 Å². The Bertz CT molecular complexity index is 647. The summed E-state index contributed by atoms with van der Waals surface area (Å²) < 4.78 is 5.57. The van der Waals surface area contributed by atoms with E-state index in [0.29, 0.717) is 16.1 Å². The molecule has 20 heavy (non-hydrogen) atoms. The van der Waals surface area contributed by atoms with Gasteiger partial charge in [0.2, 0.25) is 5.69 Å². The summed E-state index contributed by atoms with van der Waals surface area (Å²) in [7, 11) is 1.56. The molecule has 5 heteroatoms. The molecule has 2 aromatic carbocycles. The fourth-order valence-corrected chi connectivity index (χ4v) is 1.74. The summed E-state index contributed by atoms with van der Waals surface area (Å²) in [6, 6.07) is 12.9. The number of nitrogens with zero attached hydrogens (tertiary/aromatic N) is 1. The van der Waals surface area contributed by atoms with Gasteiger partial charge in [-0.25, -0.2) is 4.79 Å². The molecule has 2 aromatic rings. The molecular weight excluding hydrogens is 258 g/mol. The second kappa shape index (κ2) is 5.88. The zero-order chi connectivity index (χ0) is 14.5. The minimum atomic E-state index is -1.13. The van der Waals surface area contributed by atoms with Crippen molar-refractivity contribution >= 4 is 17.9 Å². The molecule has 0 saturated carbocycles. The molecule has 0 aliphatic carbocycles. The lowest BCUT2D eigenvalue weighted by molar-refractivity contribution is -0.354. The van der Waals surface area contributed by atoms with E-state index in [1.54, 1.807) is 43.5 Å². The molecule has 0 atom stereocenters. The van der Waals surface area contributed by atoms with Gasteiger partial charge in [-0.1, -0.05) is 12.1 Å². The molecule has 2 rings (SSSR count). The molecule has 0 saturated heterocycles. The minimum absolute atomic E-state index is 0.0349. The molecule has 0 aliphatic rings. The number of carbonyl (C=O) groups is 1. The van der Waals surface area contributed by atoms with Gasteiger partial charge in [-0.05, 0) is 30.3 Å². The topological polar surface area (TPSA) is 72.6 Å². The molecule has 5 nitrogen and oxygen atoms in total. The molecule has 0 aliphatic heterocycles. The van der Waals surface area contributed by atoms with Crippen LogP contribution in [0.2, 0.25) is 0 Å². The highest BCUT2D eigenvalue weighted by Gasteiger charge is 2.15. The van der Waals surface area contributed by atoms with Crippen LogP contribution in [-0.4, -0.2) is 29.1 Å². The summed E-state index contributed by atoms with van der Waals surface area (Å²) in [4.78, 5) is 11.1. The van der Waals surface area contributed by atoms with Gasteiger partial charge in [0.15, 0.2) is 6.21 Å². The predicted molar refractivity (Wildman–Crippen MR) is 74.8 cm³/mol. The van der Waals surface area contributed by atoms with Crippen molar-refractivity contribution in [3.05, 3.63) is 64.9 Å². The summed E-state index contributed by atoms with van der Waals surface area (Å²) in [6.07, 6.45) is 1.32. The quantitative estimate of drug-likeness (QED) is 0.401. The van der Waals surface area contributed by atoms with E-state index in [1.807, 2.05) is 0 Å². The van der Waals surface area contributed by atoms with Crippen LogP contribution in [0.4, 0.5) is 5.69 Å². The highest BCUT2D eigenvalue weighted by Crippen LogP contribution is 2.18. The van der Waals surface area contributed by atoms with Crippen molar-refractivity contribution in [3.8, 4) is 5.75 Å². The lowest BCUT2D eigenvalue weighted by Crippen LogP contribution is -2.06. The summed E-state index contributed by atoms with van der Waals surface area (Å²) in [5, 5.41) is 21.1. The van der Waals surface area contributed by atoms with E-state index < -0.39 is 5.97 Å². The van der Waals surface area contributed by atoms with Crippen molar-refractivity contribution in [1.82, 2.24) is 0 Å². The van der Waals surface area contributed by atoms with Gasteiger partial charge < -0.3 is 15.1 Å². The number of aromatic carboxylic acids is 1. The zero-order valence-electron chi connectivity index (χ0n) is 10.8. The van der Waals surface area contributed by atoms with Crippen LogP contribution in [0.25, 0.3) is 0 Å². The molecule has 0 amide bonds. The van der Waals surface area contributed by atoms with Crippen LogP contribution in [0.1, 0.15) is 15.9 Å². The second-order valence-corrected chi connectivity index (χ2v) is 4.05. The largest absolute Gasteiger partial charge is 0.618 e. The van der Waals surface area contributed by atoms with Crippen LogP contribution in [0, 0.1) is 5.21 Å². The number of carboxylic acid groups (broad SMARTS) is 1. The van der Waals surface area contributed by atoms with Crippen LogP contribution >= 0.6 is 0 Å². The molecule has 0 bridgehead atoms. The van der Waals surface area contributed by atoms with Crippen molar-refractivity contribution in [3.63, 3.8) is 0 Å². The first-order valence-electron chi connectivity index (χ1n) is 5.89. The number of carboxylic acids is 1. The van der Waals surface area contributed by atoms with Gasteiger partial charge in [0, 0.05) is 11.6 Å². The molecule has 1 N–H and O–H groups in total. The lowest BCUT2D eigenvalue weighted by atomic mass is 10.2. The third-order valence-electron chi connectivity index (χ3n) is 2.75. The molecular formula is C15H13NO4. The van der Waals surface area contributed by atoms with Crippen molar-refractivity contribution in [1.29, 1.82) is 0 Å². The van der Waals surface area contributed by atoms with E-state index in [9.17, 15) is 10.0 Å². The third kappa shape index (κ3) is 2.95. The molecule has 102 valence electrons. The Hall–Kier alpha value is -2.82. The van der Waals surface area contributed by atoms with E-state index in [-0.39, 0.29) is 11.3 Å². The third-order valence-corrected chi connectivity index (χ3v) is 2.75. The monoisotopic (exact) mass is 271 g/mol. The first-order valence-corrected chi connectivity index (χ1v) is 5.89. The predicted octanol–water partition coefficient (Wildman–Crippen LogP) is 2.65. The normalized spacial score (nSPS) is 11.2. The fourth-order valence-electron chi connectivity index (χ4n) is 1.74. The number of benzene rings is 2. The van der Waals surface area contributed by atoms with Gasteiger partial charge in [-0.2, -0.15) is 4.74 Å². The number of ether oxygens (including phenoxy) is 1. The molecule has 0 fully saturated rings. The standard InChI is InChI=1S/C15H13NO4/c1-20-12-8-6-11(7-9-12)10-16(19)14-5-3-2-4-13(14)15(17)18/h2-10H,1H3,(H,17,18). The Labute approximate surface area is 116 Å². The maximum atomic E-state index is 12.1. The smallest absolute Gasteiger partial charge is 0.342 e. The van der Waals surface area contributed by atoms with E-state index in [0.717, 1.165) is 0 Å². The number of hydrogen-bond acceptors (Lipinski definition) is 3. The maximum absolute atomic E-state index is 12.1. The Morgan fingerprint density at radius 3 is 2.45 bits per heavy atom. The average molecular weight is 271 g/mol. The summed E-state index contributed by atoms with van der Waals surface area (Å²) in [6.45, 7) is 0. The van der Waals surface area contributed by atoms with E-state index in [4.69, 9.17) is 9.84 Å². The first-order chi connectivity index (χ1) is 9.61. The Kier molecular flexibility index (Phi) is 4.00. The van der Waals surface area contributed by atoms with Crippen LogP contribution < -0.4 is 4.74 Å². The summed E-state index contributed by atoms with van der Waals surface area (Å²) in [5.41, 5.74) is 0.712. The summed E-state index contributed by atoms with van der Waals surface area (Å²) >= 11 is 0. The molecule has 0 aromatic heterocycles. The molecule has 0 heterocycles. The Morgan fingerprint density at radius 2 is 1.85 bits per heavy atom. The first kappa shape index (κ1) is 13.6. The highest BCUT2D eigenvalue weighted by atomic mass is 16.5. The highest BCUT2D eigenvalue weighted by molar-refractivity contribution is 5.92. The molecule has 0 radical (unpaired) electrons. The van der Waals surface area contributed by atoms with Gasteiger partial charge >= 0.3 is 5.97 Å². The van der Waals surface area contributed by atoms with Crippen LogP contribution in [0.3, 0.4) is 0 Å². The fraction of sp³-hybridized carbons (Fsp3) is 0.0667. The number of para-hydroxylation sites is 1. The van der Waals surface area contributed by atoms with Crippen LogP contribution in [-0.2, 0) is 0 Å². The van der Waals surface area contributed by atoms with Gasteiger partial charge in [0.25, 0.3) is 0 Å². The van der Waals surface area contributed by atoms with Gasteiger partial charge in [-0.3, -0.25) is 0 Å². The van der Waals surface area contributed by atoms with Crippen LogP contribution in [0.15, 0.2) is 48.5 Å². The van der Waals surface area contributed by atoms with E-state index in [1.165, 1.54) is 18.3 Å². The second-order valence-electron chi connectivity index (χ2n) is 4.05. The van der Waals surface area contributed by atoms with Crippen molar-refractivity contribution in [2.24, 2.45) is 0 Å². The van der Waals surface area contributed by atoms with E-state index >= 15 is 0 Å². The van der Waals surface area contributed by atoms with Gasteiger partial charge in [0.05, 0.1) is 7.11 Å². The minimum Gasteiger partial charge on any atom is -0.618 e. The molecule has 0 unspecified atom stereocenters. The Morgan fingerprint density at radius 1 is 1.20 bits per heavy atom. The van der Waals surface area contributed by atoms with E-state index in [2.05, 4.69) is 0 Å². The zero-order valence-corrected chi connectivity index (χ0v) is 10.8. The maximum Gasteiger partial charge on any atom is 0.342 e. The number of hydrogen-bond donors (Lipinski definition) is 1. The van der Waals surface area contributed by atoms with Crippen molar-refractivity contribution < 1.29 is 19.4 Å². The summed E-state index contributed by atoms with van der Waals surface area (Å²) in [5.74, 6) is -0.449. The van der Waals surface area contributed by atoms with Crippen molar-refractivity contribution in [2.45, 2.75) is 0 Å². The lowest BCUT2D eigenvalue weighted by Gasteiger charge is -2.06. The average Bonchev–Trinajstić information content (AvgIpc) is 2.48. The SMILES string of the molecule is COc1ccc(C=[N+]([O-])c2ccccc2C(=O)O)cc1. The van der Waals surface area contributed by atoms with Gasteiger partial charge in [0.1, 0.15) is 11.3 Å².